The maximum Gasteiger partial charge on any atom is 0.314 e. The maximum atomic E-state index is 11.3. The van der Waals surface area contributed by atoms with Gasteiger partial charge >= 0.3 is 11.1 Å². The first-order valence-corrected chi connectivity index (χ1v) is 5.02. The van der Waals surface area contributed by atoms with Crippen LogP contribution < -0.4 is 16.4 Å². The van der Waals surface area contributed by atoms with Gasteiger partial charge in [0, 0.05) is 6.42 Å². The zero-order chi connectivity index (χ0) is 12.4. The number of H-pyrrole nitrogens is 2. The van der Waals surface area contributed by atoms with E-state index in [0.717, 1.165) is 0 Å². The minimum atomic E-state index is -0.768. The number of hydrogen-bond donors (Lipinski definition) is 3. The first kappa shape index (κ1) is 11.1. The summed E-state index contributed by atoms with van der Waals surface area (Å²) in [6.07, 6.45) is 3.11. The molecule has 0 bridgehead atoms. The summed E-state index contributed by atoms with van der Waals surface area (Å²) in [5.41, 5.74) is -0.438. The third kappa shape index (κ3) is 2.07. The molecule has 0 atom stereocenters. The molecule has 2 rings (SSSR count). The van der Waals surface area contributed by atoms with Crippen molar-refractivity contribution in [2.24, 2.45) is 0 Å². The fourth-order valence-corrected chi connectivity index (χ4v) is 1.37. The van der Waals surface area contributed by atoms with E-state index in [1.165, 1.54) is 12.4 Å². The quantitative estimate of drug-likeness (QED) is 0.633. The number of aromatic amines is 2. The zero-order valence-electron chi connectivity index (χ0n) is 9.03. The Labute approximate surface area is 94.9 Å². The van der Waals surface area contributed by atoms with E-state index in [1.807, 2.05) is 0 Å². The molecular formula is C10H10N4O3. The van der Waals surface area contributed by atoms with E-state index in [0.29, 0.717) is 23.1 Å². The average molecular weight is 234 g/mol. The normalized spacial score (nSPS) is 10.4. The fraction of sp³-hybridized carbons (Fsp3) is 0.200. The van der Waals surface area contributed by atoms with Crippen molar-refractivity contribution in [1.82, 2.24) is 15.0 Å². The van der Waals surface area contributed by atoms with Gasteiger partial charge < -0.3 is 15.3 Å². The number of carbonyl (C=O) groups is 1. The zero-order valence-corrected chi connectivity index (χ0v) is 9.03. The summed E-state index contributed by atoms with van der Waals surface area (Å²) < 4.78 is 0. The van der Waals surface area contributed by atoms with Crippen molar-refractivity contribution in [3.63, 3.8) is 0 Å². The van der Waals surface area contributed by atoms with Crippen molar-refractivity contribution in [2.45, 2.75) is 13.3 Å². The number of nitrogens with zero attached hydrogens (tertiary/aromatic N) is 1. The van der Waals surface area contributed by atoms with Gasteiger partial charge in [0.1, 0.15) is 0 Å². The van der Waals surface area contributed by atoms with Crippen LogP contribution in [0.25, 0.3) is 11.0 Å². The summed E-state index contributed by atoms with van der Waals surface area (Å²) in [6, 6.07) is 0. The molecule has 0 saturated carbocycles. The summed E-state index contributed by atoms with van der Waals surface area (Å²) in [5, 5.41) is 2.59. The number of pyridine rings is 1. The smallest absolute Gasteiger partial charge is 0.314 e. The van der Waals surface area contributed by atoms with Gasteiger partial charge in [-0.2, -0.15) is 0 Å². The highest BCUT2D eigenvalue weighted by atomic mass is 16.2. The van der Waals surface area contributed by atoms with E-state index in [9.17, 15) is 14.4 Å². The van der Waals surface area contributed by atoms with Crippen LogP contribution in [0.2, 0.25) is 0 Å². The molecule has 0 unspecified atom stereocenters. The molecule has 88 valence electrons. The number of anilines is 1. The second kappa shape index (κ2) is 4.20. The van der Waals surface area contributed by atoms with Gasteiger partial charge in [-0.15, -0.1) is 0 Å². The lowest BCUT2D eigenvalue weighted by molar-refractivity contribution is -0.115. The lowest BCUT2D eigenvalue weighted by Gasteiger charge is -2.05. The summed E-state index contributed by atoms with van der Waals surface area (Å²) in [5.74, 6) is -0.202. The SMILES string of the molecule is CCC(=O)Nc1cncc2[nH]c(=O)c(=O)[nH]c12. The monoisotopic (exact) mass is 234 g/mol. The van der Waals surface area contributed by atoms with Gasteiger partial charge in [-0.25, -0.2) is 0 Å². The Bertz CT molecular complexity index is 686. The minimum Gasteiger partial charge on any atom is -0.323 e. The molecule has 2 aromatic rings. The van der Waals surface area contributed by atoms with Crippen molar-refractivity contribution >= 4 is 22.6 Å². The summed E-state index contributed by atoms with van der Waals surface area (Å²) >= 11 is 0. The van der Waals surface area contributed by atoms with E-state index in [-0.39, 0.29) is 5.91 Å². The molecule has 0 aromatic carbocycles. The van der Waals surface area contributed by atoms with E-state index in [1.54, 1.807) is 6.92 Å². The van der Waals surface area contributed by atoms with Crippen molar-refractivity contribution in [1.29, 1.82) is 0 Å². The maximum absolute atomic E-state index is 11.3. The molecule has 7 nitrogen and oxygen atoms in total. The van der Waals surface area contributed by atoms with Crippen LogP contribution in [0.15, 0.2) is 22.0 Å². The summed E-state index contributed by atoms with van der Waals surface area (Å²) in [6.45, 7) is 1.71. The van der Waals surface area contributed by atoms with Gasteiger partial charge in [0.25, 0.3) is 0 Å². The molecule has 0 aliphatic carbocycles. The van der Waals surface area contributed by atoms with Gasteiger partial charge in [0.05, 0.1) is 29.1 Å². The van der Waals surface area contributed by atoms with Gasteiger partial charge in [-0.3, -0.25) is 19.4 Å². The summed E-state index contributed by atoms with van der Waals surface area (Å²) in [7, 11) is 0. The summed E-state index contributed by atoms with van der Waals surface area (Å²) in [4.78, 5) is 42.2. The third-order valence-corrected chi connectivity index (χ3v) is 2.23. The Balaban J connectivity index is 2.64. The molecule has 0 fully saturated rings. The van der Waals surface area contributed by atoms with Crippen molar-refractivity contribution in [3.8, 4) is 0 Å². The Morgan fingerprint density at radius 1 is 1.29 bits per heavy atom. The fourth-order valence-electron chi connectivity index (χ4n) is 1.37. The number of nitrogens with one attached hydrogen (secondary N) is 3. The van der Waals surface area contributed by atoms with Crippen LogP contribution in [-0.4, -0.2) is 20.9 Å². The van der Waals surface area contributed by atoms with Gasteiger partial charge in [0.2, 0.25) is 5.91 Å². The van der Waals surface area contributed by atoms with Crippen LogP contribution in [0, 0.1) is 0 Å². The highest BCUT2D eigenvalue weighted by molar-refractivity contribution is 5.98. The highest BCUT2D eigenvalue weighted by Crippen LogP contribution is 2.15. The molecule has 0 aliphatic rings. The molecule has 0 aliphatic heterocycles. The van der Waals surface area contributed by atoms with E-state index in [4.69, 9.17) is 0 Å². The Morgan fingerprint density at radius 3 is 2.71 bits per heavy atom. The molecule has 3 N–H and O–H groups in total. The van der Waals surface area contributed by atoms with Crippen LogP contribution in [0.3, 0.4) is 0 Å². The standard InChI is InChI=1S/C10H10N4O3/c1-2-7(15)12-5-3-11-4-6-8(5)14-10(17)9(16)13-6/h3-4H,2H2,1H3,(H,12,15)(H,13,16)(H,14,17). The number of fused-ring (bicyclic) bond motifs is 1. The molecule has 0 radical (unpaired) electrons. The van der Waals surface area contributed by atoms with E-state index < -0.39 is 11.1 Å². The molecule has 17 heavy (non-hydrogen) atoms. The lowest BCUT2D eigenvalue weighted by atomic mass is 10.3. The predicted molar refractivity (Wildman–Crippen MR) is 61.9 cm³/mol. The second-order valence-electron chi connectivity index (χ2n) is 3.42. The number of hydrogen-bond acceptors (Lipinski definition) is 4. The van der Waals surface area contributed by atoms with Gasteiger partial charge in [-0.05, 0) is 0 Å². The number of carbonyl (C=O) groups excluding carboxylic acids is 1. The Morgan fingerprint density at radius 2 is 2.00 bits per heavy atom. The molecule has 2 heterocycles. The predicted octanol–water partition coefficient (Wildman–Crippen LogP) is -0.0401. The third-order valence-electron chi connectivity index (χ3n) is 2.23. The topological polar surface area (TPSA) is 108 Å². The molecule has 0 saturated heterocycles. The minimum absolute atomic E-state index is 0.202. The Hall–Kier alpha value is -2.44. The number of amides is 1. The molecule has 2 aromatic heterocycles. The van der Waals surface area contributed by atoms with Crippen LogP contribution in [0.5, 0.6) is 0 Å². The molecular weight excluding hydrogens is 224 g/mol. The molecule has 7 heteroatoms. The van der Waals surface area contributed by atoms with Crippen LogP contribution in [0.4, 0.5) is 5.69 Å². The van der Waals surface area contributed by atoms with Crippen molar-refractivity contribution in [3.05, 3.63) is 33.1 Å². The van der Waals surface area contributed by atoms with Crippen LogP contribution >= 0.6 is 0 Å². The van der Waals surface area contributed by atoms with Crippen LogP contribution in [-0.2, 0) is 4.79 Å². The number of aromatic nitrogens is 3. The van der Waals surface area contributed by atoms with Crippen molar-refractivity contribution in [2.75, 3.05) is 5.32 Å². The Kier molecular flexibility index (Phi) is 2.73. The molecule has 0 spiro atoms. The van der Waals surface area contributed by atoms with Crippen LogP contribution in [0.1, 0.15) is 13.3 Å². The lowest BCUT2D eigenvalue weighted by Crippen LogP contribution is -2.29. The molecule has 1 amide bonds. The van der Waals surface area contributed by atoms with E-state index >= 15 is 0 Å². The highest BCUT2D eigenvalue weighted by Gasteiger charge is 2.07. The first-order chi connectivity index (χ1) is 8.11. The second-order valence-corrected chi connectivity index (χ2v) is 3.42. The van der Waals surface area contributed by atoms with Gasteiger partial charge in [-0.1, -0.05) is 6.92 Å². The first-order valence-electron chi connectivity index (χ1n) is 5.02. The van der Waals surface area contributed by atoms with E-state index in [2.05, 4.69) is 20.3 Å². The van der Waals surface area contributed by atoms with Gasteiger partial charge in [0.15, 0.2) is 0 Å². The average Bonchev–Trinajstić information content (AvgIpc) is 2.31. The largest absolute Gasteiger partial charge is 0.323 e. The number of rotatable bonds is 2. The van der Waals surface area contributed by atoms with Crippen molar-refractivity contribution < 1.29 is 4.79 Å².